The number of nitrogens with one attached hydrogen (secondary N) is 1. The molecule has 188 valence electrons. The predicted octanol–water partition coefficient (Wildman–Crippen LogP) is 8.69. The van der Waals surface area contributed by atoms with E-state index in [9.17, 15) is 4.79 Å². The van der Waals surface area contributed by atoms with Crippen molar-refractivity contribution in [3.8, 4) is 22.3 Å². The van der Waals surface area contributed by atoms with Gasteiger partial charge in [0.25, 0.3) is 0 Å². The third-order valence-electron chi connectivity index (χ3n) is 7.09. The second kappa shape index (κ2) is 12.8. The zero-order valence-electron chi connectivity index (χ0n) is 21.6. The monoisotopic (exact) mass is 495 g/mol. The van der Waals surface area contributed by atoms with Crippen LogP contribution in [0.15, 0.2) is 133 Å². The molecular weight excluding hydrogens is 462 g/mol. The molecule has 0 spiro atoms. The van der Waals surface area contributed by atoms with E-state index in [1.54, 1.807) is 6.07 Å². The first-order valence-corrected chi connectivity index (χ1v) is 13.4. The van der Waals surface area contributed by atoms with E-state index < -0.39 is 0 Å². The molecule has 1 atom stereocenters. The number of carbonyl (C=O) groups is 1. The van der Waals surface area contributed by atoms with Crippen LogP contribution >= 0.6 is 0 Å². The van der Waals surface area contributed by atoms with Crippen molar-refractivity contribution in [2.45, 2.75) is 31.8 Å². The van der Waals surface area contributed by atoms with E-state index in [4.69, 9.17) is 0 Å². The summed E-state index contributed by atoms with van der Waals surface area (Å²) in [5.74, 6) is 0. The van der Waals surface area contributed by atoms with Gasteiger partial charge in [-0.1, -0.05) is 121 Å². The molecule has 0 saturated heterocycles. The first-order chi connectivity index (χ1) is 18.8. The fraction of sp³-hybridized carbons (Fsp3) is 0.139. The average Bonchev–Trinajstić information content (AvgIpc) is 3.01. The minimum Gasteiger partial charge on any atom is -0.306 e. The molecule has 1 aliphatic carbocycles. The van der Waals surface area contributed by atoms with Crippen molar-refractivity contribution in [2.75, 3.05) is 0 Å². The SMILES string of the molecule is O=Cc1cccc(-c2ccccc2)c1.c1ccc(-c2cccc(CN[C@H]3CCCc4ccccc43)c2)cc1. The van der Waals surface area contributed by atoms with Gasteiger partial charge in [0.15, 0.2) is 0 Å². The Morgan fingerprint density at radius 3 is 1.95 bits per heavy atom. The molecule has 0 amide bonds. The van der Waals surface area contributed by atoms with Gasteiger partial charge in [0, 0.05) is 18.2 Å². The van der Waals surface area contributed by atoms with Gasteiger partial charge in [-0.05, 0) is 70.3 Å². The van der Waals surface area contributed by atoms with E-state index in [0.29, 0.717) is 11.6 Å². The van der Waals surface area contributed by atoms with Crippen LogP contribution in [0.25, 0.3) is 22.3 Å². The molecule has 0 radical (unpaired) electrons. The summed E-state index contributed by atoms with van der Waals surface area (Å²) in [7, 11) is 0. The number of aryl methyl sites for hydroxylation is 1. The van der Waals surface area contributed by atoms with Gasteiger partial charge in [-0.15, -0.1) is 0 Å². The predicted molar refractivity (Wildman–Crippen MR) is 158 cm³/mol. The van der Waals surface area contributed by atoms with E-state index in [0.717, 1.165) is 24.0 Å². The maximum atomic E-state index is 10.6. The lowest BCUT2D eigenvalue weighted by Gasteiger charge is -2.26. The lowest BCUT2D eigenvalue weighted by molar-refractivity contribution is 0.112. The van der Waals surface area contributed by atoms with Crippen LogP contribution in [-0.2, 0) is 13.0 Å². The molecule has 38 heavy (non-hydrogen) atoms. The van der Waals surface area contributed by atoms with Crippen LogP contribution in [0.1, 0.15) is 45.9 Å². The van der Waals surface area contributed by atoms with Gasteiger partial charge in [-0.25, -0.2) is 0 Å². The molecule has 1 N–H and O–H groups in total. The average molecular weight is 496 g/mol. The summed E-state index contributed by atoms with van der Waals surface area (Å²) >= 11 is 0. The van der Waals surface area contributed by atoms with Crippen molar-refractivity contribution in [1.29, 1.82) is 0 Å². The van der Waals surface area contributed by atoms with Crippen LogP contribution in [-0.4, -0.2) is 6.29 Å². The second-order valence-electron chi connectivity index (χ2n) is 9.70. The molecule has 0 fully saturated rings. The highest BCUT2D eigenvalue weighted by Gasteiger charge is 2.18. The number of benzene rings is 5. The van der Waals surface area contributed by atoms with Crippen molar-refractivity contribution >= 4 is 6.29 Å². The van der Waals surface area contributed by atoms with Gasteiger partial charge in [-0.3, -0.25) is 4.79 Å². The normalized spacial score (nSPS) is 14.1. The highest BCUT2D eigenvalue weighted by molar-refractivity contribution is 5.78. The molecule has 1 aliphatic rings. The summed E-state index contributed by atoms with van der Waals surface area (Å²) in [6, 6.07) is 46.4. The van der Waals surface area contributed by atoms with Gasteiger partial charge in [-0.2, -0.15) is 0 Å². The third-order valence-corrected chi connectivity index (χ3v) is 7.09. The molecule has 2 heteroatoms. The maximum Gasteiger partial charge on any atom is 0.150 e. The molecule has 2 nitrogen and oxygen atoms in total. The lowest BCUT2D eigenvalue weighted by atomic mass is 9.87. The van der Waals surface area contributed by atoms with Gasteiger partial charge in [0.2, 0.25) is 0 Å². The zero-order valence-corrected chi connectivity index (χ0v) is 21.6. The Morgan fingerprint density at radius 1 is 0.632 bits per heavy atom. The number of rotatable bonds is 6. The summed E-state index contributed by atoms with van der Waals surface area (Å²) in [6.07, 6.45) is 4.60. The van der Waals surface area contributed by atoms with Crippen molar-refractivity contribution in [3.05, 3.63) is 156 Å². The Bertz CT molecular complexity index is 1460. The Hall–Kier alpha value is -4.27. The topological polar surface area (TPSA) is 29.1 Å². The van der Waals surface area contributed by atoms with Crippen molar-refractivity contribution in [1.82, 2.24) is 5.32 Å². The van der Waals surface area contributed by atoms with Crippen LogP contribution < -0.4 is 5.32 Å². The number of aldehydes is 1. The van der Waals surface area contributed by atoms with E-state index in [1.165, 1.54) is 47.1 Å². The quantitative estimate of drug-likeness (QED) is 0.239. The summed E-state index contributed by atoms with van der Waals surface area (Å²) in [6.45, 7) is 0.916. The largest absolute Gasteiger partial charge is 0.306 e. The molecule has 5 aromatic rings. The van der Waals surface area contributed by atoms with E-state index in [-0.39, 0.29) is 0 Å². The zero-order chi connectivity index (χ0) is 26.0. The molecule has 0 heterocycles. The minimum atomic E-state index is 0.482. The van der Waals surface area contributed by atoms with Crippen molar-refractivity contribution in [2.24, 2.45) is 0 Å². The summed E-state index contributed by atoms with van der Waals surface area (Å²) in [4.78, 5) is 10.6. The van der Waals surface area contributed by atoms with Crippen LogP contribution in [0.2, 0.25) is 0 Å². The Kier molecular flexibility index (Phi) is 8.55. The van der Waals surface area contributed by atoms with E-state index in [2.05, 4.69) is 84.2 Å². The molecule has 6 rings (SSSR count). The maximum absolute atomic E-state index is 10.6. The van der Waals surface area contributed by atoms with Crippen molar-refractivity contribution < 1.29 is 4.79 Å². The molecule has 0 bridgehead atoms. The van der Waals surface area contributed by atoms with Crippen LogP contribution in [0.4, 0.5) is 0 Å². The standard InChI is InChI=1S/C23H23N.C13H10O/c1-2-9-19(10-3-1)21-13-6-8-18(16-21)17-24-23-15-7-12-20-11-4-5-14-22(20)23;14-10-11-5-4-8-13(9-11)12-6-2-1-3-7-12/h1-6,8-11,13-14,16,23-24H,7,12,15,17H2;1-10H/t23-;/m0./s1. The molecule has 0 aromatic heterocycles. The summed E-state index contributed by atoms with van der Waals surface area (Å²) in [5.41, 5.74) is 9.85. The van der Waals surface area contributed by atoms with E-state index in [1.807, 2.05) is 48.5 Å². The number of carbonyl (C=O) groups excluding carboxylic acids is 1. The molecule has 5 aromatic carbocycles. The van der Waals surface area contributed by atoms with Crippen LogP contribution in [0, 0.1) is 0 Å². The van der Waals surface area contributed by atoms with Gasteiger partial charge in [0.05, 0.1) is 0 Å². The van der Waals surface area contributed by atoms with Gasteiger partial charge in [0.1, 0.15) is 6.29 Å². The second-order valence-corrected chi connectivity index (χ2v) is 9.70. The first-order valence-electron chi connectivity index (χ1n) is 13.4. The third kappa shape index (κ3) is 6.53. The number of hydrogen-bond donors (Lipinski definition) is 1. The number of hydrogen-bond acceptors (Lipinski definition) is 2. The van der Waals surface area contributed by atoms with Crippen molar-refractivity contribution in [3.63, 3.8) is 0 Å². The summed E-state index contributed by atoms with van der Waals surface area (Å²) in [5, 5.41) is 3.77. The highest BCUT2D eigenvalue weighted by atomic mass is 16.1. The van der Waals surface area contributed by atoms with E-state index >= 15 is 0 Å². The Balaban J connectivity index is 0.000000179. The van der Waals surface area contributed by atoms with Gasteiger partial charge >= 0.3 is 0 Å². The molecule has 0 unspecified atom stereocenters. The molecule has 0 saturated carbocycles. The van der Waals surface area contributed by atoms with Crippen LogP contribution in [0.3, 0.4) is 0 Å². The number of fused-ring (bicyclic) bond motifs is 1. The molecule has 0 aliphatic heterocycles. The fourth-order valence-corrected chi connectivity index (χ4v) is 5.12. The highest BCUT2D eigenvalue weighted by Crippen LogP contribution is 2.30. The fourth-order valence-electron chi connectivity index (χ4n) is 5.12. The Labute approximate surface area is 226 Å². The smallest absolute Gasteiger partial charge is 0.150 e. The van der Waals surface area contributed by atoms with Crippen LogP contribution in [0.5, 0.6) is 0 Å². The first kappa shape index (κ1) is 25.4. The van der Waals surface area contributed by atoms with Gasteiger partial charge < -0.3 is 5.32 Å². The molecular formula is C36H33NO. The Morgan fingerprint density at radius 2 is 1.24 bits per heavy atom. The summed E-state index contributed by atoms with van der Waals surface area (Å²) < 4.78 is 0. The lowest BCUT2D eigenvalue weighted by Crippen LogP contribution is -2.24. The minimum absolute atomic E-state index is 0.482.